The molecular weight excluding hydrogens is 242 g/mol. The van der Waals surface area contributed by atoms with E-state index in [0.29, 0.717) is 16.3 Å². The number of carbonyl (C=O) groups excluding carboxylic acids is 2. The van der Waals surface area contributed by atoms with Crippen molar-refractivity contribution in [2.75, 3.05) is 12.4 Å². The maximum absolute atomic E-state index is 11.3. The molecule has 1 aromatic rings. The Morgan fingerprint density at radius 1 is 1.41 bits per heavy atom. The van der Waals surface area contributed by atoms with Crippen LogP contribution in [0.4, 0.5) is 5.69 Å². The fraction of sp³-hybridized carbons (Fsp3) is 0.167. The third-order valence-electron chi connectivity index (χ3n) is 1.96. The molecule has 0 heterocycles. The molecule has 0 aliphatic heterocycles. The van der Waals surface area contributed by atoms with Crippen molar-refractivity contribution in [3.63, 3.8) is 0 Å². The normalized spacial score (nSPS) is 10.3. The molecule has 1 aromatic carbocycles. The van der Waals surface area contributed by atoms with Gasteiger partial charge in [0.25, 0.3) is 0 Å². The lowest BCUT2D eigenvalue weighted by atomic mass is 10.2. The predicted molar refractivity (Wildman–Crippen MR) is 66.2 cm³/mol. The molecule has 1 amide bonds. The Morgan fingerprint density at radius 2 is 2.12 bits per heavy atom. The molecule has 0 fully saturated rings. The first-order chi connectivity index (χ1) is 8.08. The van der Waals surface area contributed by atoms with Gasteiger partial charge in [-0.25, -0.2) is 4.79 Å². The van der Waals surface area contributed by atoms with Gasteiger partial charge in [-0.2, -0.15) is 0 Å². The quantitative estimate of drug-likeness (QED) is 0.666. The minimum absolute atomic E-state index is 0.309. The van der Waals surface area contributed by atoms with Gasteiger partial charge in [0.15, 0.2) is 0 Å². The summed E-state index contributed by atoms with van der Waals surface area (Å²) in [6, 6.07) is 4.52. The van der Waals surface area contributed by atoms with Crippen LogP contribution in [0.3, 0.4) is 0 Å². The summed E-state index contributed by atoms with van der Waals surface area (Å²) < 4.78 is 4.57. The van der Waals surface area contributed by atoms with Crippen LogP contribution in [0.5, 0.6) is 0 Å². The molecule has 0 saturated carbocycles. The van der Waals surface area contributed by atoms with E-state index >= 15 is 0 Å². The van der Waals surface area contributed by atoms with E-state index in [1.165, 1.54) is 31.4 Å². The highest BCUT2D eigenvalue weighted by atomic mass is 35.5. The third kappa shape index (κ3) is 3.60. The number of esters is 1. The van der Waals surface area contributed by atoms with Crippen LogP contribution in [0, 0.1) is 0 Å². The van der Waals surface area contributed by atoms with Crippen LogP contribution in [0.25, 0.3) is 0 Å². The number of benzene rings is 1. The molecule has 0 saturated heterocycles. The standard InChI is InChI=1S/C12H12ClNO3/c1-3-4-11(15)14-10-7-8(12(16)17-2)5-6-9(10)13/h3-7H,1-2H3,(H,14,15). The number of amides is 1. The van der Waals surface area contributed by atoms with E-state index in [-0.39, 0.29) is 5.91 Å². The average Bonchev–Trinajstić information content (AvgIpc) is 2.31. The second kappa shape index (κ2) is 6.06. The first-order valence-electron chi connectivity index (χ1n) is 4.90. The van der Waals surface area contributed by atoms with E-state index in [1.54, 1.807) is 13.0 Å². The van der Waals surface area contributed by atoms with Crippen LogP contribution in [-0.4, -0.2) is 19.0 Å². The summed E-state index contributed by atoms with van der Waals surface area (Å²) in [5.41, 5.74) is 0.699. The van der Waals surface area contributed by atoms with Crippen LogP contribution in [0.15, 0.2) is 30.4 Å². The molecule has 0 spiro atoms. The Balaban J connectivity index is 2.98. The highest BCUT2D eigenvalue weighted by Crippen LogP contribution is 2.23. The third-order valence-corrected chi connectivity index (χ3v) is 2.29. The van der Waals surface area contributed by atoms with Gasteiger partial charge in [-0.1, -0.05) is 17.7 Å². The minimum atomic E-state index is -0.483. The Bertz CT molecular complexity index is 469. The molecule has 0 bridgehead atoms. The Labute approximate surface area is 104 Å². The van der Waals surface area contributed by atoms with Gasteiger partial charge in [0.05, 0.1) is 23.4 Å². The molecule has 0 atom stereocenters. The Kier molecular flexibility index (Phi) is 4.72. The molecule has 5 heteroatoms. The largest absolute Gasteiger partial charge is 0.465 e. The molecule has 90 valence electrons. The topological polar surface area (TPSA) is 55.4 Å². The van der Waals surface area contributed by atoms with Gasteiger partial charge < -0.3 is 10.1 Å². The number of anilines is 1. The van der Waals surface area contributed by atoms with Crippen molar-refractivity contribution in [1.82, 2.24) is 0 Å². The van der Waals surface area contributed by atoms with Gasteiger partial charge >= 0.3 is 5.97 Å². The zero-order valence-corrected chi connectivity index (χ0v) is 10.2. The van der Waals surface area contributed by atoms with E-state index < -0.39 is 5.97 Å². The number of ether oxygens (including phenoxy) is 1. The molecule has 0 unspecified atom stereocenters. The molecule has 1 N–H and O–H groups in total. The van der Waals surface area contributed by atoms with Crippen LogP contribution in [0.2, 0.25) is 5.02 Å². The maximum Gasteiger partial charge on any atom is 0.337 e. The number of nitrogens with one attached hydrogen (secondary N) is 1. The first kappa shape index (κ1) is 13.3. The van der Waals surface area contributed by atoms with Gasteiger partial charge in [-0.05, 0) is 31.2 Å². The highest BCUT2D eigenvalue weighted by Gasteiger charge is 2.09. The Hall–Kier alpha value is -1.81. The van der Waals surface area contributed by atoms with Crippen molar-refractivity contribution in [3.05, 3.63) is 40.9 Å². The zero-order valence-electron chi connectivity index (χ0n) is 9.49. The highest BCUT2D eigenvalue weighted by molar-refractivity contribution is 6.34. The molecule has 0 aliphatic rings. The van der Waals surface area contributed by atoms with E-state index in [0.717, 1.165) is 0 Å². The van der Waals surface area contributed by atoms with E-state index in [2.05, 4.69) is 10.1 Å². The maximum atomic E-state index is 11.3. The molecule has 0 aliphatic carbocycles. The fourth-order valence-corrected chi connectivity index (χ4v) is 1.36. The van der Waals surface area contributed by atoms with Crippen molar-refractivity contribution >= 4 is 29.2 Å². The van der Waals surface area contributed by atoms with Gasteiger partial charge in [0.1, 0.15) is 0 Å². The summed E-state index contributed by atoms with van der Waals surface area (Å²) >= 11 is 5.90. The monoisotopic (exact) mass is 253 g/mol. The van der Waals surface area contributed by atoms with Crippen molar-refractivity contribution in [2.45, 2.75) is 6.92 Å². The summed E-state index contributed by atoms with van der Waals surface area (Å²) in [5, 5.41) is 2.92. The smallest absolute Gasteiger partial charge is 0.337 e. The number of allylic oxidation sites excluding steroid dienone is 1. The summed E-state index contributed by atoms with van der Waals surface area (Å²) in [4.78, 5) is 22.6. The van der Waals surface area contributed by atoms with E-state index in [9.17, 15) is 9.59 Å². The van der Waals surface area contributed by atoms with Crippen LogP contribution >= 0.6 is 11.6 Å². The molecule has 0 aromatic heterocycles. The van der Waals surface area contributed by atoms with Gasteiger partial charge in [-0.3, -0.25) is 4.79 Å². The lowest BCUT2D eigenvalue weighted by molar-refractivity contribution is -0.111. The lowest BCUT2D eigenvalue weighted by Gasteiger charge is -2.07. The molecular formula is C12H12ClNO3. The second-order valence-corrected chi connectivity index (χ2v) is 3.58. The molecule has 1 rings (SSSR count). The molecule has 17 heavy (non-hydrogen) atoms. The predicted octanol–water partition coefficient (Wildman–Crippen LogP) is 2.64. The Morgan fingerprint density at radius 3 is 2.71 bits per heavy atom. The minimum Gasteiger partial charge on any atom is -0.465 e. The van der Waals surface area contributed by atoms with Crippen molar-refractivity contribution in [2.24, 2.45) is 0 Å². The first-order valence-corrected chi connectivity index (χ1v) is 5.27. The number of rotatable bonds is 3. The summed E-state index contributed by atoms with van der Waals surface area (Å²) in [6.07, 6.45) is 2.97. The van der Waals surface area contributed by atoms with Crippen molar-refractivity contribution in [1.29, 1.82) is 0 Å². The second-order valence-electron chi connectivity index (χ2n) is 3.18. The molecule has 4 nitrogen and oxygen atoms in total. The van der Waals surface area contributed by atoms with Gasteiger partial charge in [-0.15, -0.1) is 0 Å². The summed E-state index contributed by atoms with van der Waals surface area (Å²) in [6.45, 7) is 1.73. The number of hydrogen-bond acceptors (Lipinski definition) is 3. The van der Waals surface area contributed by atoms with Crippen molar-refractivity contribution < 1.29 is 14.3 Å². The number of hydrogen-bond donors (Lipinski definition) is 1. The SMILES string of the molecule is CC=CC(=O)Nc1cc(C(=O)OC)ccc1Cl. The van der Waals surface area contributed by atoms with E-state index in [4.69, 9.17) is 11.6 Å². The van der Waals surface area contributed by atoms with Crippen molar-refractivity contribution in [3.8, 4) is 0 Å². The van der Waals surface area contributed by atoms with Gasteiger partial charge in [0, 0.05) is 0 Å². The van der Waals surface area contributed by atoms with Crippen LogP contribution < -0.4 is 5.32 Å². The lowest BCUT2D eigenvalue weighted by Crippen LogP contribution is -2.09. The number of methoxy groups -OCH3 is 1. The van der Waals surface area contributed by atoms with Gasteiger partial charge in [0.2, 0.25) is 5.91 Å². The summed E-state index contributed by atoms with van der Waals surface area (Å²) in [7, 11) is 1.29. The summed E-state index contributed by atoms with van der Waals surface area (Å²) in [5.74, 6) is -0.792. The number of carbonyl (C=O) groups is 2. The zero-order chi connectivity index (χ0) is 12.8. The molecule has 0 radical (unpaired) electrons. The average molecular weight is 254 g/mol. The van der Waals surface area contributed by atoms with Crippen LogP contribution in [-0.2, 0) is 9.53 Å². The van der Waals surface area contributed by atoms with E-state index in [1.807, 2.05) is 0 Å². The van der Waals surface area contributed by atoms with Crippen LogP contribution in [0.1, 0.15) is 17.3 Å². The number of halogens is 1. The fourth-order valence-electron chi connectivity index (χ4n) is 1.19.